The Morgan fingerprint density at radius 1 is 1.14 bits per heavy atom. The molecule has 3 heterocycles. The molecule has 5 heteroatoms. The summed E-state index contributed by atoms with van der Waals surface area (Å²) >= 11 is 0. The molecule has 2 aromatic rings. The molecule has 2 aliphatic heterocycles. The number of carbonyl (C=O) groups excluding carboxylic acids is 1. The summed E-state index contributed by atoms with van der Waals surface area (Å²) in [6, 6.07) is 8.52. The minimum Gasteiger partial charge on any atom is -0.360 e. The highest BCUT2D eigenvalue weighted by atomic mass is 16.2. The van der Waals surface area contributed by atoms with Crippen LogP contribution in [0.2, 0.25) is 0 Å². The molecule has 2 N–H and O–H groups in total. The molecule has 2 fully saturated rings. The van der Waals surface area contributed by atoms with E-state index in [0.29, 0.717) is 6.04 Å². The molecular formula is C16H20N4O. The van der Waals surface area contributed by atoms with Crippen LogP contribution in [-0.2, 0) is 0 Å². The Hall–Kier alpha value is -1.85. The van der Waals surface area contributed by atoms with Crippen LogP contribution in [0.1, 0.15) is 10.4 Å². The van der Waals surface area contributed by atoms with Gasteiger partial charge in [-0.2, -0.15) is 0 Å². The zero-order valence-electron chi connectivity index (χ0n) is 12.0. The van der Waals surface area contributed by atoms with Gasteiger partial charge < -0.3 is 15.2 Å². The summed E-state index contributed by atoms with van der Waals surface area (Å²) in [6.07, 6.45) is 1.84. The normalized spacial score (nSPS) is 20.7. The Morgan fingerprint density at radius 3 is 2.71 bits per heavy atom. The van der Waals surface area contributed by atoms with E-state index in [-0.39, 0.29) is 5.91 Å². The third-order valence-electron chi connectivity index (χ3n) is 4.64. The number of piperazine rings is 1. The van der Waals surface area contributed by atoms with Crippen molar-refractivity contribution in [3.05, 3.63) is 36.0 Å². The zero-order chi connectivity index (χ0) is 14.2. The maximum atomic E-state index is 12.6. The molecule has 0 unspecified atom stereocenters. The number of carbonyl (C=O) groups is 1. The molecule has 0 atom stereocenters. The van der Waals surface area contributed by atoms with Crippen molar-refractivity contribution in [3.63, 3.8) is 0 Å². The molecule has 1 aromatic heterocycles. The summed E-state index contributed by atoms with van der Waals surface area (Å²) in [5.41, 5.74) is 1.82. The number of aromatic nitrogens is 1. The number of para-hydroxylation sites is 1. The maximum Gasteiger partial charge on any atom is 0.256 e. The summed E-state index contributed by atoms with van der Waals surface area (Å²) in [4.78, 5) is 20.2. The Kier molecular flexibility index (Phi) is 3.16. The number of benzene rings is 1. The largest absolute Gasteiger partial charge is 0.360 e. The summed E-state index contributed by atoms with van der Waals surface area (Å²) in [5.74, 6) is 0.152. The van der Waals surface area contributed by atoms with E-state index in [1.807, 2.05) is 35.4 Å². The molecular weight excluding hydrogens is 264 g/mol. The lowest BCUT2D eigenvalue weighted by Crippen LogP contribution is -2.63. The van der Waals surface area contributed by atoms with Gasteiger partial charge in [0.15, 0.2) is 0 Å². The lowest BCUT2D eigenvalue weighted by Gasteiger charge is -2.46. The lowest BCUT2D eigenvalue weighted by molar-refractivity contribution is 0.0228. The van der Waals surface area contributed by atoms with Gasteiger partial charge in [-0.05, 0) is 6.07 Å². The van der Waals surface area contributed by atoms with Gasteiger partial charge in [0.2, 0.25) is 0 Å². The number of aromatic amines is 1. The maximum absolute atomic E-state index is 12.6. The monoisotopic (exact) mass is 284 g/mol. The van der Waals surface area contributed by atoms with Crippen molar-refractivity contribution in [3.8, 4) is 0 Å². The van der Waals surface area contributed by atoms with Crippen LogP contribution in [0.3, 0.4) is 0 Å². The van der Waals surface area contributed by atoms with Crippen molar-refractivity contribution in [2.45, 2.75) is 6.04 Å². The SMILES string of the molecule is O=C(c1c[nH]c2ccccc12)N1CC(N2CCNCC2)C1. The number of nitrogens with zero attached hydrogens (tertiary/aromatic N) is 2. The molecule has 0 bridgehead atoms. The van der Waals surface area contributed by atoms with Gasteiger partial charge in [-0.15, -0.1) is 0 Å². The van der Waals surface area contributed by atoms with E-state index in [4.69, 9.17) is 0 Å². The van der Waals surface area contributed by atoms with E-state index in [1.54, 1.807) is 0 Å². The fourth-order valence-electron chi connectivity index (χ4n) is 3.32. The van der Waals surface area contributed by atoms with E-state index < -0.39 is 0 Å². The first kappa shape index (κ1) is 12.9. The molecule has 0 radical (unpaired) electrons. The van der Waals surface area contributed by atoms with Crippen molar-refractivity contribution >= 4 is 16.8 Å². The van der Waals surface area contributed by atoms with Gasteiger partial charge in [0, 0.05) is 62.4 Å². The Bertz CT molecular complexity index is 653. The Labute approximate surface area is 123 Å². The minimum atomic E-state index is 0.152. The molecule has 0 spiro atoms. The number of hydrogen-bond acceptors (Lipinski definition) is 3. The second-order valence-electron chi connectivity index (χ2n) is 5.90. The highest BCUT2D eigenvalue weighted by molar-refractivity contribution is 6.06. The van der Waals surface area contributed by atoms with Crippen LogP contribution in [0.4, 0.5) is 0 Å². The molecule has 2 aliphatic rings. The van der Waals surface area contributed by atoms with Crippen LogP contribution in [0.25, 0.3) is 10.9 Å². The topological polar surface area (TPSA) is 51.4 Å². The molecule has 1 aromatic carbocycles. The average molecular weight is 284 g/mol. The first-order chi connectivity index (χ1) is 10.3. The predicted molar refractivity (Wildman–Crippen MR) is 82.4 cm³/mol. The number of fused-ring (bicyclic) bond motifs is 1. The minimum absolute atomic E-state index is 0.152. The number of hydrogen-bond donors (Lipinski definition) is 2. The summed E-state index contributed by atoms with van der Waals surface area (Å²) in [7, 11) is 0. The number of nitrogens with one attached hydrogen (secondary N) is 2. The van der Waals surface area contributed by atoms with E-state index in [2.05, 4.69) is 15.2 Å². The van der Waals surface area contributed by atoms with Crippen LogP contribution in [0.5, 0.6) is 0 Å². The highest BCUT2D eigenvalue weighted by Crippen LogP contribution is 2.23. The predicted octanol–water partition coefficient (Wildman–Crippen LogP) is 0.897. The van der Waals surface area contributed by atoms with Gasteiger partial charge in [0.25, 0.3) is 5.91 Å². The van der Waals surface area contributed by atoms with Gasteiger partial charge in [0.1, 0.15) is 0 Å². The standard InChI is InChI=1S/C16H20N4O/c21-16(14-9-18-15-4-2-1-3-13(14)15)20-10-12(11-20)19-7-5-17-6-8-19/h1-4,9,12,17-18H,5-8,10-11H2. The fourth-order valence-corrected chi connectivity index (χ4v) is 3.32. The van der Waals surface area contributed by atoms with Gasteiger partial charge in [-0.1, -0.05) is 18.2 Å². The molecule has 5 nitrogen and oxygen atoms in total. The summed E-state index contributed by atoms with van der Waals surface area (Å²) < 4.78 is 0. The van der Waals surface area contributed by atoms with Gasteiger partial charge >= 0.3 is 0 Å². The van der Waals surface area contributed by atoms with Crippen molar-refractivity contribution < 1.29 is 4.79 Å². The summed E-state index contributed by atoms with van der Waals surface area (Å²) in [5, 5.41) is 4.39. The number of likely N-dealkylation sites (tertiary alicyclic amines) is 1. The third-order valence-corrected chi connectivity index (χ3v) is 4.64. The summed E-state index contributed by atoms with van der Waals surface area (Å²) in [6.45, 7) is 6.04. The van der Waals surface area contributed by atoms with Crippen LogP contribution >= 0.6 is 0 Å². The first-order valence-corrected chi connectivity index (χ1v) is 7.63. The third kappa shape index (κ3) is 2.22. The molecule has 21 heavy (non-hydrogen) atoms. The fraction of sp³-hybridized carbons (Fsp3) is 0.438. The zero-order valence-corrected chi connectivity index (χ0v) is 12.0. The molecule has 1 amide bonds. The van der Waals surface area contributed by atoms with Crippen molar-refractivity contribution in [2.75, 3.05) is 39.3 Å². The molecule has 0 aliphatic carbocycles. The van der Waals surface area contributed by atoms with Crippen molar-refractivity contribution in [2.24, 2.45) is 0 Å². The Balaban J connectivity index is 1.45. The Morgan fingerprint density at radius 2 is 1.90 bits per heavy atom. The molecule has 2 saturated heterocycles. The van der Waals surface area contributed by atoms with Crippen LogP contribution < -0.4 is 5.32 Å². The lowest BCUT2D eigenvalue weighted by atomic mass is 10.0. The molecule has 110 valence electrons. The van der Waals surface area contributed by atoms with Gasteiger partial charge in [0.05, 0.1) is 5.56 Å². The van der Waals surface area contributed by atoms with Crippen molar-refractivity contribution in [1.82, 2.24) is 20.1 Å². The van der Waals surface area contributed by atoms with Crippen molar-refractivity contribution in [1.29, 1.82) is 0 Å². The smallest absolute Gasteiger partial charge is 0.256 e. The highest BCUT2D eigenvalue weighted by Gasteiger charge is 2.36. The van der Waals surface area contributed by atoms with E-state index in [0.717, 1.165) is 55.7 Å². The second kappa shape index (κ2) is 5.16. The van der Waals surface area contributed by atoms with Gasteiger partial charge in [-0.3, -0.25) is 9.69 Å². The number of H-pyrrole nitrogens is 1. The van der Waals surface area contributed by atoms with E-state index >= 15 is 0 Å². The van der Waals surface area contributed by atoms with Crippen LogP contribution in [0.15, 0.2) is 30.5 Å². The quantitative estimate of drug-likeness (QED) is 0.861. The van der Waals surface area contributed by atoms with Gasteiger partial charge in [-0.25, -0.2) is 0 Å². The molecule has 0 saturated carbocycles. The first-order valence-electron chi connectivity index (χ1n) is 7.63. The second-order valence-corrected chi connectivity index (χ2v) is 5.90. The number of rotatable bonds is 2. The van der Waals surface area contributed by atoms with E-state index in [9.17, 15) is 4.79 Å². The average Bonchev–Trinajstić information content (AvgIpc) is 2.90. The van der Waals surface area contributed by atoms with Crippen LogP contribution in [0, 0.1) is 0 Å². The molecule has 4 rings (SSSR count). The number of amides is 1. The van der Waals surface area contributed by atoms with E-state index in [1.165, 1.54) is 0 Å². The van der Waals surface area contributed by atoms with Crippen LogP contribution in [-0.4, -0.2) is 66.0 Å².